The van der Waals surface area contributed by atoms with Gasteiger partial charge in [0, 0.05) is 14.5 Å². The fraction of sp³-hybridized carbons (Fsp3) is 0.0909. The van der Waals surface area contributed by atoms with E-state index in [2.05, 4.69) is 32.9 Å². The molecule has 17 heavy (non-hydrogen) atoms. The number of anilines is 1. The Hall–Kier alpha value is -0.660. The van der Waals surface area contributed by atoms with Crippen LogP contribution in [0.1, 0.15) is 16.1 Å². The average molecular weight is 379 g/mol. The number of halogens is 2. The van der Waals surface area contributed by atoms with Crippen LogP contribution in [0.4, 0.5) is 5.13 Å². The topological polar surface area (TPSA) is 42.0 Å². The molecule has 0 aliphatic rings. The maximum absolute atomic E-state index is 11.8. The van der Waals surface area contributed by atoms with Crippen LogP contribution in [0.3, 0.4) is 0 Å². The highest BCUT2D eigenvalue weighted by atomic mass is 127. The zero-order chi connectivity index (χ0) is 12.3. The molecule has 2 aromatic rings. The van der Waals surface area contributed by atoms with Gasteiger partial charge < -0.3 is 0 Å². The van der Waals surface area contributed by atoms with Gasteiger partial charge in [-0.05, 0) is 46.9 Å². The van der Waals surface area contributed by atoms with Gasteiger partial charge >= 0.3 is 0 Å². The van der Waals surface area contributed by atoms with Crippen molar-refractivity contribution in [3.8, 4) is 0 Å². The number of rotatable bonds is 3. The Morgan fingerprint density at radius 2 is 2.12 bits per heavy atom. The molecule has 0 atom stereocenters. The Balaban J connectivity index is 2.08. The van der Waals surface area contributed by atoms with Crippen molar-refractivity contribution in [2.75, 3.05) is 5.32 Å². The number of amides is 1. The fourth-order valence-corrected chi connectivity index (χ4v) is 2.49. The first kappa shape index (κ1) is 12.8. The summed E-state index contributed by atoms with van der Waals surface area (Å²) in [4.78, 5) is 16.0. The molecule has 88 valence electrons. The van der Waals surface area contributed by atoms with E-state index in [4.69, 9.17) is 11.6 Å². The van der Waals surface area contributed by atoms with Crippen LogP contribution in [0.2, 0.25) is 0 Å². The van der Waals surface area contributed by atoms with Crippen molar-refractivity contribution in [2.45, 2.75) is 5.88 Å². The molecule has 1 heterocycles. The summed E-state index contributed by atoms with van der Waals surface area (Å²) in [6.45, 7) is 0. The van der Waals surface area contributed by atoms with Crippen molar-refractivity contribution < 1.29 is 4.79 Å². The van der Waals surface area contributed by atoms with Crippen molar-refractivity contribution in [3.05, 3.63) is 44.5 Å². The molecule has 1 N–H and O–H groups in total. The molecule has 0 aliphatic heterocycles. The Labute approximate surface area is 121 Å². The molecule has 1 aromatic heterocycles. The smallest absolute Gasteiger partial charge is 0.257 e. The number of nitrogens with zero attached hydrogens (tertiary/aromatic N) is 1. The number of carbonyl (C=O) groups is 1. The molecule has 1 aromatic carbocycles. The van der Waals surface area contributed by atoms with E-state index in [0.29, 0.717) is 16.6 Å². The van der Waals surface area contributed by atoms with Gasteiger partial charge in [-0.2, -0.15) is 0 Å². The zero-order valence-electron chi connectivity index (χ0n) is 8.61. The van der Waals surface area contributed by atoms with Crippen molar-refractivity contribution >= 4 is 56.6 Å². The molecule has 0 saturated heterocycles. The zero-order valence-corrected chi connectivity index (χ0v) is 12.3. The first-order chi connectivity index (χ1) is 8.19. The number of nitrogens with one attached hydrogen (secondary N) is 1. The van der Waals surface area contributed by atoms with Crippen LogP contribution in [-0.2, 0) is 5.88 Å². The van der Waals surface area contributed by atoms with Crippen molar-refractivity contribution in [2.24, 2.45) is 0 Å². The average Bonchev–Trinajstić information content (AvgIpc) is 2.77. The number of alkyl halides is 1. The van der Waals surface area contributed by atoms with Crippen LogP contribution in [0.15, 0.2) is 29.6 Å². The monoisotopic (exact) mass is 378 g/mol. The van der Waals surface area contributed by atoms with Gasteiger partial charge in [0.05, 0.1) is 11.6 Å². The lowest BCUT2D eigenvalue weighted by Gasteiger charge is -2.01. The normalized spacial score (nSPS) is 10.2. The van der Waals surface area contributed by atoms with E-state index in [-0.39, 0.29) is 5.91 Å². The molecule has 3 nitrogen and oxygen atoms in total. The molecular formula is C11H8ClIN2OS. The van der Waals surface area contributed by atoms with Gasteiger partial charge in [0.15, 0.2) is 5.13 Å². The first-order valence-electron chi connectivity index (χ1n) is 4.76. The van der Waals surface area contributed by atoms with Gasteiger partial charge in [-0.3, -0.25) is 10.1 Å². The number of thiazole rings is 1. The van der Waals surface area contributed by atoms with Crippen LogP contribution in [-0.4, -0.2) is 10.9 Å². The SMILES string of the molecule is O=C(Nc1nc(CCl)cs1)c1ccc(I)cc1. The summed E-state index contributed by atoms with van der Waals surface area (Å²) >= 11 is 9.21. The number of benzene rings is 1. The van der Waals surface area contributed by atoms with Crippen LogP contribution in [0.5, 0.6) is 0 Å². The van der Waals surface area contributed by atoms with E-state index < -0.39 is 0 Å². The van der Waals surface area contributed by atoms with Gasteiger partial charge in [-0.15, -0.1) is 22.9 Å². The van der Waals surface area contributed by atoms with E-state index in [9.17, 15) is 4.79 Å². The largest absolute Gasteiger partial charge is 0.298 e. The van der Waals surface area contributed by atoms with Crippen LogP contribution in [0, 0.1) is 3.57 Å². The number of aromatic nitrogens is 1. The highest BCUT2D eigenvalue weighted by molar-refractivity contribution is 14.1. The molecule has 0 unspecified atom stereocenters. The van der Waals surface area contributed by atoms with Crippen LogP contribution < -0.4 is 5.32 Å². The minimum Gasteiger partial charge on any atom is -0.298 e. The van der Waals surface area contributed by atoms with E-state index in [1.807, 2.05) is 17.5 Å². The van der Waals surface area contributed by atoms with E-state index in [1.54, 1.807) is 12.1 Å². The lowest BCUT2D eigenvalue weighted by Crippen LogP contribution is -2.11. The predicted molar refractivity (Wildman–Crippen MR) is 78.8 cm³/mol. The molecule has 1 amide bonds. The van der Waals surface area contributed by atoms with Gasteiger partial charge in [0.25, 0.3) is 5.91 Å². The second-order valence-electron chi connectivity index (χ2n) is 3.24. The van der Waals surface area contributed by atoms with Crippen LogP contribution in [0.25, 0.3) is 0 Å². The Bertz CT molecular complexity index is 527. The molecular weight excluding hydrogens is 371 g/mol. The first-order valence-corrected chi connectivity index (χ1v) is 7.25. The molecule has 0 saturated carbocycles. The third-order valence-electron chi connectivity index (χ3n) is 2.02. The molecule has 6 heteroatoms. The maximum Gasteiger partial charge on any atom is 0.257 e. The summed E-state index contributed by atoms with van der Waals surface area (Å²) in [7, 11) is 0. The fourth-order valence-electron chi connectivity index (χ4n) is 1.20. The molecule has 0 spiro atoms. The number of hydrogen-bond acceptors (Lipinski definition) is 3. The standard InChI is InChI=1S/C11H8ClIN2OS/c12-5-9-6-17-11(14-9)15-10(16)7-1-3-8(13)4-2-7/h1-4,6H,5H2,(H,14,15,16). The van der Waals surface area contributed by atoms with Crippen molar-refractivity contribution in [1.29, 1.82) is 0 Å². The molecule has 0 radical (unpaired) electrons. The Kier molecular flexibility index (Phi) is 4.36. The molecule has 2 rings (SSSR count). The summed E-state index contributed by atoms with van der Waals surface area (Å²) in [6.07, 6.45) is 0. The second kappa shape index (κ2) is 5.79. The molecule has 0 bridgehead atoms. The van der Waals surface area contributed by atoms with Gasteiger partial charge in [0.1, 0.15) is 0 Å². The van der Waals surface area contributed by atoms with Gasteiger partial charge in [-0.1, -0.05) is 0 Å². The lowest BCUT2D eigenvalue weighted by molar-refractivity contribution is 0.102. The summed E-state index contributed by atoms with van der Waals surface area (Å²) < 4.78 is 1.10. The molecule has 0 aliphatic carbocycles. The van der Waals surface area contributed by atoms with E-state index in [1.165, 1.54) is 11.3 Å². The Morgan fingerprint density at radius 3 is 2.71 bits per heavy atom. The van der Waals surface area contributed by atoms with Gasteiger partial charge in [0.2, 0.25) is 0 Å². The summed E-state index contributed by atoms with van der Waals surface area (Å²) in [5.41, 5.74) is 1.39. The van der Waals surface area contributed by atoms with Gasteiger partial charge in [-0.25, -0.2) is 4.98 Å². The molecule has 0 fully saturated rings. The third kappa shape index (κ3) is 3.40. The quantitative estimate of drug-likeness (QED) is 0.653. The third-order valence-corrected chi connectivity index (χ3v) is 3.82. The van der Waals surface area contributed by atoms with E-state index in [0.717, 1.165) is 9.26 Å². The summed E-state index contributed by atoms with van der Waals surface area (Å²) in [6, 6.07) is 7.35. The van der Waals surface area contributed by atoms with Crippen molar-refractivity contribution in [3.63, 3.8) is 0 Å². The van der Waals surface area contributed by atoms with E-state index >= 15 is 0 Å². The van der Waals surface area contributed by atoms with Crippen LogP contribution >= 0.6 is 45.5 Å². The Morgan fingerprint density at radius 1 is 1.41 bits per heavy atom. The summed E-state index contributed by atoms with van der Waals surface area (Å²) in [5.74, 6) is 0.201. The second-order valence-corrected chi connectivity index (χ2v) is 5.61. The predicted octanol–water partition coefficient (Wildman–Crippen LogP) is 3.74. The highest BCUT2D eigenvalue weighted by Gasteiger charge is 2.08. The van der Waals surface area contributed by atoms with Crippen molar-refractivity contribution in [1.82, 2.24) is 4.98 Å². The lowest BCUT2D eigenvalue weighted by atomic mass is 10.2. The highest BCUT2D eigenvalue weighted by Crippen LogP contribution is 2.17. The minimum absolute atomic E-state index is 0.156. The number of hydrogen-bond donors (Lipinski definition) is 1. The maximum atomic E-state index is 11.8. The summed E-state index contributed by atoms with van der Waals surface area (Å²) in [5, 5.41) is 5.14. The number of carbonyl (C=O) groups excluding carboxylic acids is 1. The minimum atomic E-state index is -0.156.